The van der Waals surface area contributed by atoms with E-state index in [1.807, 2.05) is 13.8 Å². The largest absolute Gasteiger partial charge is 0.321 e. The van der Waals surface area contributed by atoms with Crippen molar-refractivity contribution < 1.29 is 4.79 Å². The first-order chi connectivity index (χ1) is 3.55. The maximum absolute atomic E-state index is 10.4. The maximum atomic E-state index is 10.4. The van der Waals surface area contributed by atoms with E-state index in [4.69, 9.17) is 5.73 Å². The number of hydrogen-bond acceptors (Lipinski definition) is 2. The Morgan fingerprint density at radius 2 is 2.00 bits per heavy atom. The van der Waals surface area contributed by atoms with Crippen molar-refractivity contribution in [2.75, 3.05) is 0 Å². The van der Waals surface area contributed by atoms with Gasteiger partial charge in [-0.2, -0.15) is 0 Å². The highest BCUT2D eigenvalue weighted by atomic mass is 79.9. The van der Waals surface area contributed by atoms with Gasteiger partial charge >= 0.3 is 0 Å². The monoisotopic (exact) mass is 179 g/mol. The molecular weight excluding hydrogens is 170 g/mol. The van der Waals surface area contributed by atoms with Crippen LogP contribution >= 0.6 is 15.9 Å². The van der Waals surface area contributed by atoms with E-state index < -0.39 is 0 Å². The molecule has 0 amide bonds. The molecular formula is C5H10BrNO. The van der Waals surface area contributed by atoms with Crippen LogP contribution in [-0.4, -0.2) is 10.7 Å². The summed E-state index contributed by atoms with van der Waals surface area (Å²) in [4.78, 5) is 10.4. The fourth-order valence-electron chi connectivity index (χ4n) is 0.262. The van der Waals surface area contributed by atoms with Gasteiger partial charge < -0.3 is 5.73 Å². The molecule has 3 heteroatoms. The molecule has 0 saturated carbocycles. The topological polar surface area (TPSA) is 43.1 Å². The van der Waals surface area contributed by atoms with Gasteiger partial charge in [0.15, 0.2) is 0 Å². The number of hydrogen-bond donors (Lipinski definition) is 1. The summed E-state index contributed by atoms with van der Waals surface area (Å²) in [6.07, 6.45) is 0. The molecule has 0 aliphatic heterocycles. The zero-order chi connectivity index (χ0) is 6.73. The Bertz CT molecular complexity index is 92.4. The molecule has 0 bridgehead atoms. The van der Waals surface area contributed by atoms with Crippen LogP contribution < -0.4 is 5.73 Å². The number of nitrogens with two attached hydrogens (primary N) is 1. The summed E-state index contributed by atoms with van der Waals surface area (Å²) in [5, 5.41) is 0. The Balaban J connectivity index is 3.64. The van der Waals surface area contributed by atoms with Crippen molar-refractivity contribution in [2.24, 2.45) is 11.7 Å². The minimum Gasteiger partial charge on any atom is -0.321 e. The molecule has 1 atom stereocenters. The van der Waals surface area contributed by atoms with Crippen LogP contribution in [0.15, 0.2) is 0 Å². The van der Waals surface area contributed by atoms with Crippen molar-refractivity contribution in [3.63, 3.8) is 0 Å². The highest BCUT2D eigenvalue weighted by Gasteiger charge is 2.12. The molecule has 0 rings (SSSR count). The third-order valence-electron chi connectivity index (χ3n) is 0.980. The first-order valence-electron chi connectivity index (χ1n) is 2.50. The quantitative estimate of drug-likeness (QED) is 0.641. The smallest absolute Gasteiger partial charge is 0.214 e. The van der Waals surface area contributed by atoms with Gasteiger partial charge in [0, 0.05) is 0 Å². The molecule has 48 valence electrons. The van der Waals surface area contributed by atoms with Gasteiger partial charge in [0.1, 0.15) is 0 Å². The SMILES string of the molecule is CC(C)[C@H](N)C(=O)Br. The fraction of sp³-hybridized carbons (Fsp3) is 0.800. The summed E-state index contributed by atoms with van der Waals surface area (Å²) in [5.74, 6) is 0.224. The van der Waals surface area contributed by atoms with Crippen molar-refractivity contribution in [3.8, 4) is 0 Å². The van der Waals surface area contributed by atoms with E-state index in [9.17, 15) is 4.79 Å². The lowest BCUT2D eigenvalue weighted by molar-refractivity contribution is -0.112. The molecule has 0 fully saturated rings. The third-order valence-corrected chi connectivity index (χ3v) is 1.51. The number of rotatable bonds is 2. The van der Waals surface area contributed by atoms with E-state index in [1.54, 1.807) is 0 Å². The molecule has 0 aromatic heterocycles. The van der Waals surface area contributed by atoms with Gasteiger partial charge in [-0.25, -0.2) is 0 Å². The lowest BCUT2D eigenvalue weighted by Gasteiger charge is -2.08. The van der Waals surface area contributed by atoms with Crippen molar-refractivity contribution in [3.05, 3.63) is 0 Å². The van der Waals surface area contributed by atoms with Crippen LogP contribution in [0.2, 0.25) is 0 Å². The van der Waals surface area contributed by atoms with Crippen molar-refractivity contribution >= 4 is 20.6 Å². The van der Waals surface area contributed by atoms with Crippen LogP contribution in [0.4, 0.5) is 0 Å². The Kier molecular flexibility index (Phi) is 3.24. The number of halogens is 1. The zero-order valence-corrected chi connectivity index (χ0v) is 6.60. The van der Waals surface area contributed by atoms with E-state index in [0.29, 0.717) is 0 Å². The molecule has 0 aromatic rings. The fourth-order valence-corrected chi connectivity index (χ4v) is 0.791. The minimum atomic E-state index is -0.352. The Labute approximate surface area is 57.6 Å². The minimum absolute atomic E-state index is 0.118. The molecule has 0 saturated heterocycles. The lowest BCUT2D eigenvalue weighted by Crippen LogP contribution is -2.31. The van der Waals surface area contributed by atoms with Crippen LogP contribution in [0.5, 0.6) is 0 Å². The first-order valence-corrected chi connectivity index (χ1v) is 3.30. The molecule has 8 heavy (non-hydrogen) atoms. The second kappa shape index (κ2) is 3.20. The van der Waals surface area contributed by atoms with Gasteiger partial charge in [-0.3, -0.25) is 4.79 Å². The van der Waals surface area contributed by atoms with Gasteiger partial charge in [-0.1, -0.05) is 13.8 Å². The van der Waals surface area contributed by atoms with Crippen LogP contribution in [0.1, 0.15) is 13.8 Å². The molecule has 2 N–H and O–H groups in total. The van der Waals surface area contributed by atoms with E-state index >= 15 is 0 Å². The molecule has 0 aliphatic rings. The summed E-state index contributed by atoms with van der Waals surface area (Å²) in [7, 11) is 0. The predicted octanol–water partition coefficient (Wildman–Crippen LogP) is 0.891. The summed E-state index contributed by atoms with van der Waals surface area (Å²) in [6.45, 7) is 3.81. The van der Waals surface area contributed by atoms with Crippen LogP contribution in [0, 0.1) is 5.92 Å². The molecule has 2 nitrogen and oxygen atoms in total. The lowest BCUT2D eigenvalue weighted by atomic mass is 10.1. The summed E-state index contributed by atoms with van der Waals surface area (Å²) >= 11 is 2.78. The van der Waals surface area contributed by atoms with Crippen molar-refractivity contribution in [1.29, 1.82) is 0 Å². The maximum Gasteiger partial charge on any atom is 0.214 e. The first kappa shape index (κ1) is 8.11. The summed E-state index contributed by atoms with van der Waals surface area (Å²) < 4.78 is -0.118. The highest BCUT2D eigenvalue weighted by molar-refractivity contribution is 9.18. The molecule has 0 radical (unpaired) electrons. The standard InChI is InChI=1S/C5H10BrNO/c1-3(2)4(7)5(6)8/h3-4H,7H2,1-2H3/t4-/m0/s1. The molecule has 0 aromatic carbocycles. The molecule has 0 spiro atoms. The number of carbonyl (C=O) groups is 1. The average molecular weight is 180 g/mol. The molecule has 0 aliphatic carbocycles. The van der Waals surface area contributed by atoms with Crippen LogP contribution in [0.3, 0.4) is 0 Å². The van der Waals surface area contributed by atoms with Gasteiger partial charge in [0.2, 0.25) is 4.69 Å². The highest BCUT2D eigenvalue weighted by Crippen LogP contribution is 2.02. The van der Waals surface area contributed by atoms with Gasteiger partial charge in [0.05, 0.1) is 6.04 Å². The summed E-state index contributed by atoms with van der Waals surface area (Å²) in [5.41, 5.74) is 5.36. The third kappa shape index (κ3) is 2.43. The van der Waals surface area contributed by atoms with E-state index in [0.717, 1.165) is 0 Å². The predicted molar refractivity (Wildman–Crippen MR) is 36.7 cm³/mol. The Hall–Kier alpha value is 0.110. The summed E-state index contributed by atoms with van der Waals surface area (Å²) in [6, 6.07) is -0.352. The average Bonchev–Trinajstić information content (AvgIpc) is 1.64. The zero-order valence-electron chi connectivity index (χ0n) is 5.02. The number of carbonyl (C=O) groups excluding carboxylic acids is 1. The molecule has 0 heterocycles. The van der Waals surface area contributed by atoms with E-state index in [1.165, 1.54) is 0 Å². The second-order valence-corrected chi connectivity index (χ2v) is 2.86. The Morgan fingerprint density at radius 3 is 2.00 bits per heavy atom. The van der Waals surface area contributed by atoms with Gasteiger partial charge in [-0.15, -0.1) is 0 Å². The normalized spacial score (nSPS) is 14.1. The van der Waals surface area contributed by atoms with Crippen LogP contribution in [-0.2, 0) is 4.79 Å². The van der Waals surface area contributed by atoms with E-state index in [2.05, 4.69) is 15.9 Å². The van der Waals surface area contributed by atoms with Gasteiger partial charge in [-0.05, 0) is 21.8 Å². The molecule has 0 unspecified atom stereocenters. The van der Waals surface area contributed by atoms with E-state index in [-0.39, 0.29) is 16.7 Å². The van der Waals surface area contributed by atoms with Crippen molar-refractivity contribution in [1.82, 2.24) is 0 Å². The van der Waals surface area contributed by atoms with Gasteiger partial charge in [0.25, 0.3) is 0 Å². The second-order valence-electron chi connectivity index (χ2n) is 2.07. The van der Waals surface area contributed by atoms with Crippen LogP contribution in [0.25, 0.3) is 0 Å². The Morgan fingerprint density at radius 1 is 1.62 bits per heavy atom. The van der Waals surface area contributed by atoms with Crippen molar-refractivity contribution in [2.45, 2.75) is 19.9 Å².